The first-order valence-electron chi connectivity index (χ1n) is 6.02. The molecule has 7 nitrogen and oxygen atoms in total. The summed E-state index contributed by atoms with van der Waals surface area (Å²) in [7, 11) is 1.60. The van der Waals surface area contributed by atoms with Crippen molar-refractivity contribution in [2.75, 3.05) is 18.6 Å². The van der Waals surface area contributed by atoms with Crippen LogP contribution in [0.2, 0.25) is 0 Å². The summed E-state index contributed by atoms with van der Waals surface area (Å²) in [6, 6.07) is 4.19. The Morgan fingerprint density at radius 2 is 2.20 bits per heavy atom. The molecule has 0 unspecified atom stereocenters. The molecule has 0 saturated heterocycles. The molecule has 1 heterocycles. The van der Waals surface area contributed by atoms with Gasteiger partial charge in [-0.1, -0.05) is 0 Å². The molecule has 0 fully saturated rings. The molecule has 2 rings (SSSR count). The highest BCUT2D eigenvalue weighted by Crippen LogP contribution is 2.31. The molecular formula is C13H16N4O3. The largest absolute Gasteiger partial charge is 0.489 e. The molecule has 4 N–H and O–H groups in total. The normalized spacial score (nSPS) is 17.9. The first-order chi connectivity index (χ1) is 9.40. The van der Waals surface area contributed by atoms with Crippen molar-refractivity contribution in [3.63, 3.8) is 0 Å². The van der Waals surface area contributed by atoms with Crippen LogP contribution in [0.15, 0.2) is 18.2 Å². The van der Waals surface area contributed by atoms with E-state index in [1.165, 1.54) is 11.8 Å². The maximum absolute atomic E-state index is 12.0. The predicted octanol–water partition coefficient (Wildman–Crippen LogP) is 0.708. The van der Waals surface area contributed by atoms with Crippen LogP contribution in [0.5, 0.6) is 5.75 Å². The van der Waals surface area contributed by atoms with E-state index < -0.39 is 6.04 Å². The van der Waals surface area contributed by atoms with E-state index in [4.69, 9.17) is 26.0 Å². The third kappa shape index (κ3) is 2.62. The van der Waals surface area contributed by atoms with Gasteiger partial charge in [0.1, 0.15) is 18.4 Å². The number of nitrogens with zero attached hydrogens (tertiary/aromatic N) is 1. The number of fused-ring (bicyclic) bond motifs is 1. The van der Waals surface area contributed by atoms with Crippen LogP contribution >= 0.6 is 0 Å². The molecule has 1 aliphatic rings. The molecule has 7 heteroatoms. The zero-order valence-electron chi connectivity index (χ0n) is 11.3. The number of ether oxygens (including phenoxy) is 2. The minimum absolute atomic E-state index is 0.0763. The number of hydrogen-bond donors (Lipinski definition) is 3. The van der Waals surface area contributed by atoms with Crippen LogP contribution in [-0.4, -0.2) is 37.4 Å². The van der Waals surface area contributed by atoms with Crippen molar-refractivity contribution in [2.24, 2.45) is 5.73 Å². The molecule has 20 heavy (non-hydrogen) atoms. The quantitative estimate of drug-likeness (QED) is 0.518. The second-order valence-corrected chi connectivity index (χ2v) is 4.48. The smallest absolute Gasteiger partial charge is 0.247 e. The molecule has 0 radical (unpaired) electrons. The van der Waals surface area contributed by atoms with Gasteiger partial charge in [-0.3, -0.25) is 15.6 Å². The average molecular weight is 276 g/mol. The summed E-state index contributed by atoms with van der Waals surface area (Å²) in [5.41, 5.74) is 6.68. The van der Waals surface area contributed by atoms with E-state index in [0.29, 0.717) is 17.0 Å². The van der Waals surface area contributed by atoms with Crippen molar-refractivity contribution in [1.82, 2.24) is 0 Å². The topological polar surface area (TPSA) is 112 Å². The van der Waals surface area contributed by atoms with Crippen LogP contribution in [0.1, 0.15) is 12.5 Å². The van der Waals surface area contributed by atoms with Gasteiger partial charge in [0.2, 0.25) is 11.8 Å². The lowest BCUT2D eigenvalue weighted by atomic mass is 10.1. The predicted molar refractivity (Wildman–Crippen MR) is 74.6 cm³/mol. The maximum atomic E-state index is 12.0. The monoisotopic (exact) mass is 276 g/mol. The van der Waals surface area contributed by atoms with E-state index in [1.807, 2.05) is 0 Å². The molecule has 1 aliphatic heterocycles. The van der Waals surface area contributed by atoms with Gasteiger partial charge in [0.25, 0.3) is 0 Å². The maximum Gasteiger partial charge on any atom is 0.247 e. The van der Waals surface area contributed by atoms with E-state index in [-0.39, 0.29) is 24.3 Å². The van der Waals surface area contributed by atoms with Gasteiger partial charge in [-0.2, -0.15) is 0 Å². The number of anilines is 1. The minimum Gasteiger partial charge on any atom is -0.489 e. The van der Waals surface area contributed by atoms with Crippen LogP contribution in [0.3, 0.4) is 0 Å². The van der Waals surface area contributed by atoms with Crippen molar-refractivity contribution in [2.45, 2.75) is 13.0 Å². The zero-order chi connectivity index (χ0) is 14.9. The lowest BCUT2D eigenvalue weighted by Gasteiger charge is -2.18. The number of nitrogens with one attached hydrogen (secondary N) is 2. The number of likely N-dealkylation sites (N-methyl/N-ethyl adjacent to an activating group) is 1. The molecule has 1 aromatic carbocycles. The molecule has 0 saturated carbocycles. The fourth-order valence-electron chi connectivity index (χ4n) is 1.87. The fourth-order valence-corrected chi connectivity index (χ4v) is 1.87. The van der Waals surface area contributed by atoms with Gasteiger partial charge in [-0.05, 0) is 18.2 Å². The lowest BCUT2D eigenvalue weighted by molar-refractivity contribution is -0.119. The third-order valence-corrected chi connectivity index (χ3v) is 2.90. The summed E-state index contributed by atoms with van der Waals surface area (Å²) in [5.74, 6) is 0.0378. The number of carbonyl (C=O) groups excluding carboxylic acids is 1. The minimum atomic E-state index is -0.713. The summed E-state index contributed by atoms with van der Waals surface area (Å²) in [5, 5.41) is 15.0. The number of rotatable bonds is 1. The molecular weight excluding hydrogens is 260 g/mol. The second-order valence-electron chi connectivity index (χ2n) is 4.48. The van der Waals surface area contributed by atoms with Crippen molar-refractivity contribution in [3.05, 3.63) is 23.8 Å². The van der Waals surface area contributed by atoms with Gasteiger partial charge in [0.05, 0.1) is 5.69 Å². The summed E-state index contributed by atoms with van der Waals surface area (Å²) < 4.78 is 10.4. The molecule has 0 aliphatic carbocycles. The first kappa shape index (κ1) is 14.0. The van der Waals surface area contributed by atoms with Crippen molar-refractivity contribution < 1.29 is 14.3 Å². The Labute approximate surface area is 116 Å². The van der Waals surface area contributed by atoms with Gasteiger partial charge < -0.3 is 20.1 Å². The number of nitrogens with two attached hydrogens (primary N) is 1. The van der Waals surface area contributed by atoms with Gasteiger partial charge >= 0.3 is 0 Å². The molecule has 0 bridgehead atoms. The summed E-state index contributed by atoms with van der Waals surface area (Å²) in [6.07, 6.45) is 0. The van der Waals surface area contributed by atoms with Gasteiger partial charge in [0, 0.05) is 19.5 Å². The van der Waals surface area contributed by atoms with Crippen molar-refractivity contribution in [3.8, 4) is 5.75 Å². The Kier molecular flexibility index (Phi) is 3.71. The van der Waals surface area contributed by atoms with Crippen LogP contribution in [-0.2, 0) is 9.53 Å². The highest BCUT2D eigenvalue weighted by molar-refractivity contribution is 6.02. The summed E-state index contributed by atoms with van der Waals surface area (Å²) in [6.45, 7) is 1.55. The van der Waals surface area contributed by atoms with Gasteiger partial charge in [-0.15, -0.1) is 0 Å². The lowest BCUT2D eigenvalue weighted by Crippen LogP contribution is -2.43. The SMILES string of the molecule is CC(=N)OC(=N)c1ccc2c(c1)N(C)C(=O)[C@@H](N)CO2. The fraction of sp³-hybridized carbons (Fsp3) is 0.308. The molecule has 1 aromatic rings. The summed E-state index contributed by atoms with van der Waals surface area (Å²) in [4.78, 5) is 13.4. The highest BCUT2D eigenvalue weighted by Gasteiger charge is 2.27. The van der Waals surface area contributed by atoms with Gasteiger partial charge in [-0.25, -0.2) is 0 Å². The van der Waals surface area contributed by atoms with Gasteiger partial charge in [0.15, 0.2) is 5.90 Å². The van der Waals surface area contributed by atoms with E-state index in [9.17, 15) is 4.79 Å². The van der Waals surface area contributed by atoms with E-state index in [2.05, 4.69) is 0 Å². The Hall–Kier alpha value is -2.41. The third-order valence-electron chi connectivity index (χ3n) is 2.90. The zero-order valence-corrected chi connectivity index (χ0v) is 11.3. The standard InChI is InChI=1S/C13H16N4O3/c1-7(14)20-12(16)8-3-4-11-10(5-8)17(2)13(18)9(15)6-19-11/h3-5,9,14,16H,6,15H2,1-2H3/t9-/m0/s1. The Bertz CT molecular complexity index is 585. The van der Waals surface area contributed by atoms with Crippen LogP contribution in [0, 0.1) is 10.8 Å². The van der Waals surface area contributed by atoms with E-state index in [1.54, 1.807) is 25.2 Å². The number of amides is 1. The molecule has 0 aromatic heterocycles. The van der Waals surface area contributed by atoms with Crippen molar-refractivity contribution >= 4 is 23.4 Å². The molecule has 1 atom stereocenters. The Morgan fingerprint density at radius 1 is 1.50 bits per heavy atom. The van der Waals surface area contributed by atoms with E-state index in [0.717, 1.165) is 0 Å². The van der Waals surface area contributed by atoms with Crippen LogP contribution in [0.25, 0.3) is 0 Å². The van der Waals surface area contributed by atoms with Crippen LogP contribution in [0.4, 0.5) is 5.69 Å². The second kappa shape index (κ2) is 5.30. The van der Waals surface area contributed by atoms with Crippen LogP contribution < -0.4 is 15.4 Å². The number of benzene rings is 1. The molecule has 1 amide bonds. The molecule has 0 spiro atoms. The van der Waals surface area contributed by atoms with E-state index >= 15 is 0 Å². The van der Waals surface area contributed by atoms with Crippen molar-refractivity contribution in [1.29, 1.82) is 10.8 Å². The average Bonchev–Trinajstić information content (AvgIpc) is 2.51. The molecule has 106 valence electrons. The first-order valence-corrected chi connectivity index (χ1v) is 6.02. The summed E-state index contributed by atoms with van der Waals surface area (Å²) >= 11 is 0. The Morgan fingerprint density at radius 3 is 2.85 bits per heavy atom. The number of hydrogen-bond acceptors (Lipinski definition) is 6. The Balaban J connectivity index is 2.38. The number of carbonyl (C=O) groups is 1. The highest BCUT2D eigenvalue weighted by atomic mass is 16.5.